The molecule has 5 nitrogen and oxygen atoms in total. The molecule has 0 saturated carbocycles. The van der Waals surface area contributed by atoms with Gasteiger partial charge < -0.3 is 5.32 Å². The van der Waals surface area contributed by atoms with E-state index in [1.54, 1.807) is 19.1 Å². The molecule has 2 aromatic rings. The van der Waals surface area contributed by atoms with Crippen LogP contribution in [0, 0.1) is 5.82 Å². The van der Waals surface area contributed by atoms with Crippen molar-refractivity contribution in [3.05, 3.63) is 59.9 Å². The second-order valence-corrected chi connectivity index (χ2v) is 8.58. The van der Waals surface area contributed by atoms with Crippen molar-refractivity contribution < 1.29 is 17.6 Å². The van der Waals surface area contributed by atoms with Crippen LogP contribution in [0.15, 0.2) is 48.5 Å². The maximum atomic E-state index is 13.2. The molecule has 7 heteroatoms. The molecule has 146 valence electrons. The standard InChI is InChI=1S/C20H25FN2O3S/c1-5-19(20(24)22-17-10-6-15(7-11-17)14(2)3)23(27(4,25)26)18-12-8-16(21)9-13-18/h6-14,19H,5H2,1-4H3,(H,22,24)/t19-/m1/s1. The molecule has 0 saturated heterocycles. The molecular formula is C20H25FN2O3S. The van der Waals surface area contributed by atoms with E-state index in [2.05, 4.69) is 19.2 Å². The summed E-state index contributed by atoms with van der Waals surface area (Å²) < 4.78 is 38.9. The first-order valence-corrected chi connectivity index (χ1v) is 10.6. The molecule has 1 amide bonds. The summed E-state index contributed by atoms with van der Waals surface area (Å²) in [7, 11) is -3.75. The Morgan fingerprint density at radius 1 is 1.07 bits per heavy atom. The van der Waals surface area contributed by atoms with Crippen LogP contribution in [0.4, 0.5) is 15.8 Å². The zero-order chi connectivity index (χ0) is 20.2. The van der Waals surface area contributed by atoms with Gasteiger partial charge in [0.1, 0.15) is 11.9 Å². The molecule has 2 rings (SSSR count). The molecular weight excluding hydrogens is 367 g/mol. The lowest BCUT2D eigenvalue weighted by Gasteiger charge is -2.30. The van der Waals surface area contributed by atoms with Crippen LogP contribution in [0.3, 0.4) is 0 Å². The van der Waals surface area contributed by atoms with Gasteiger partial charge in [-0.25, -0.2) is 12.8 Å². The Balaban J connectivity index is 2.30. The average Bonchev–Trinajstić information content (AvgIpc) is 2.60. The van der Waals surface area contributed by atoms with E-state index in [1.807, 2.05) is 12.1 Å². The largest absolute Gasteiger partial charge is 0.324 e. The number of anilines is 2. The summed E-state index contributed by atoms with van der Waals surface area (Å²) >= 11 is 0. The highest BCUT2D eigenvalue weighted by Crippen LogP contribution is 2.24. The molecule has 0 aliphatic carbocycles. The minimum Gasteiger partial charge on any atom is -0.324 e. The highest BCUT2D eigenvalue weighted by Gasteiger charge is 2.31. The summed E-state index contributed by atoms with van der Waals surface area (Å²) in [6.07, 6.45) is 1.30. The molecule has 0 spiro atoms. The molecule has 0 unspecified atom stereocenters. The monoisotopic (exact) mass is 392 g/mol. The Kier molecular flexibility index (Phi) is 6.59. The highest BCUT2D eigenvalue weighted by molar-refractivity contribution is 7.92. The van der Waals surface area contributed by atoms with Crippen LogP contribution in [0.1, 0.15) is 38.7 Å². The molecule has 0 aromatic heterocycles. The maximum absolute atomic E-state index is 13.2. The van der Waals surface area contributed by atoms with Gasteiger partial charge in [0.15, 0.2) is 0 Å². The first kappa shape index (κ1) is 20.9. The van der Waals surface area contributed by atoms with E-state index in [1.165, 1.54) is 24.3 Å². The average molecular weight is 392 g/mol. The Bertz CT molecular complexity index is 878. The fourth-order valence-electron chi connectivity index (χ4n) is 2.83. The van der Waals surface area contributed by atoms with E-state index < -0.39 is 27.8 Å². The Morgan fingerprint density at radius 3 is 2.07 bits per heavy atom. The summed E-state index contributed by atoms with van der Waals surface area (Å²) in [5, 5.41) is 2.77. The number of hydrogen-bond donors (Lipinski definition) is 1. The Labute approximate surface area is 160 Å². The molecule has 0 aliphatic rings. The third kappa shape index (κ3) is 5.29. The first-order valence-electron chi connectivity index (χ1n) is 8.79. The summed E-state index contributed by atoms with van der Waals surface area (Å²) in [4.78, 5) is 12.8. The van der Waals surface area contributed by atoms with Gasteiger partial charge in [-0.15, -0.1) is 0 Å². The van der Waals surface area contributed by atoms with Gasteiger partial charge in [0, 0.05) is 5.69 Å². The quantitative estimate of drug-likeness (QED) is 0.770. The van der Waals surface area contributed by atoms with E-state index in [9.17, 15) is 17.6 Å². The van der Waals surface area contributed by atoms with Crippen LogP contribution in [-0.2, 0) is 14.8 Å². The van der Waals surface area contributed by atoms with Crippen molar-refractivity contribution in [3.8, 4) is 0 Å². The number of nitrogens with one attached hydrogen (secondary N) is 1. The van der Waals surface area contributed by atoms with Crippen LogP contribution in [0.5, 0.6) is 0 Å². The summed E-state index contributed by atoms with van der Waals surface area (Å²) in [6.45, 7) is 5.88. The molecule has 2 aromatic carbocycles. The number of hydrogen-bond acceptors (Lipinski definition) is 3. The predicted molar refractivity (Wildman–Crippen MR) is 107 cm³/mol. The Morgan fingerprint density at radius 2 is 1.63 bits per heavy atom. The summed E-state index contributed by atoms with van der Waals surface area (Å²) in [5.74, 6) is -0.545. The lowest BCUT2D eigenvalue weighted by molar-refractivity contribution is -0.117. The lowest BCUT2D eigenvalue weighted by atomic mass is 10.0. The fraction of sp³-hybridized carbons (Fsp3) is 0.350. The number of carbonyl (C=O) groups is 1. The predicted octanol–water partition coefficient (Wildman–Crippen LogP) is 4.13. The van der Waals surface area contributed by atoms with Gasteiger partial charge in [0.2, 0.25) is 15.9 Å². The zero-order valence-corrected chi connectivity index (χ0v) is 16.8. The summed E-state index contributed by atoms with van der Waals surface area (Å²) in [6, 6.07) is 11.5. The van der Waals surface area contributed by atoms with E-state index in [4.69, 9.17) is 0 Å². The normalized spacial score (nSPS) is 12.7. The van der Waals surface area contributed by atoms with Crippen LogP contribution in [0.25, 0.3) is 0 Å². The molecule has 0 fully saturated rings. The number of sulfonamides is 1. The van der Waals surface area contributed by atoms with Crippen LogP contribution < -0.4 is 9.62 Å². The second-order valence-electron chi connectivity index (χ2n) is 6.73. The first-order chi connectivity index (χ1) is 12.6. The minimum atomic E-state index is -3.75. The van der Waals surface area contributed by atoms with Gasteiger partial charge in [0.25, 0.3) is 0 Å². The van der Waals surface area contributed by atoms with Crippen molar-refractivity contribution in [1.82, 2.24) is 0 Å². The van der Waals surface area contributed by atoms with Gasteiger partial charge in [-0.3, -0.25) is 9.10 Å². The molecule has 0 radical (unpaired) electrons. The smallest absolute Gasteiger partial charge is 0.248 e. The van der Waals surface area contributed by atoms with Crippen molar-refractivity contribution >= 4 is 27.3 Å². The summed E-state index contributed by atoms with van der Waals surface area (Å²) in [5.41, 5.74) is 1.98. The van der Waals surface area contributed by atoms with Crippen molar-refractivity contribution in [2.45, 2.75) is 39.2 Å². The van der Waals surface area contributed by atoms with Crippen molar-refractivity contribution in [1.29, 1.82) is 0 Å². The lowest BCUT2D eigenvalue weighted by Crippen LogP contribution is -2.47. The number of amides is 1. The zero-order valence-electron chi connectivity index (χ0n) is 15.9. The van der Waals surface area contributed by atoms with E-state index in [-0.39, 0.29) is 12.1 Å². The third-order valence-electron chi connectivity index (χ3n) is 4.26. The highest BCUT2D eigenvalue weighted by atomic mass is 32.2. The third-order valence-corrected chi connectivity index (χ3v) is 5.44. The van der Waals surface area contributed by atoms with Gasteiger partial charge >= 0.3 is 0 Å². The molecule has 27 heavy (non-hydrogen) atoms. The van der Waals surface area contributed by atoms with Crippen molar-refractivity contribution in [3.63, 3.8) is 0 Å². The molecule has 1 N–H and O–H groups in total. The number of benzene rings is 2. The van der Waals surface area contributed by atoms with Crippen LogP contribution in [-0.4, -0.2) is 26.6 Å². The van der Waals surface area contributed by atoms with E-state index in [0.29, 0.717) is 11.6 Å². The minimum absolute atomic E-state index is 0.246. The van der Waals surface area contributed by atoms with Gasteiger partial charge in [-0.2, -0.15) is 0 Å². The van der Waals surface area contributed by atoms with Crippen molar-refractivity contribution in [2.24, 2.45) is 0 Å². The molecule has 0 heterocycles. The topological polar surface area (TPSA) is 66.5 Å². The van der Waals surface area contributed by atoms with Crippen LogP contribution >= 0.6 is 0 Å². The van der Waals surface area contributed by atoms with Gasteiger partial charge in [0.05, 0.1) is 11.9 Å². The van der Waals surface area contributed by atoms with Crippen LogP contribution in [0.2, 0.25) is 0 Å². The number of nitrogens with zero attached hydrogens (tertiary/aromatic N) is 1. The SMILES string of the molecule is CC[C@H](C(=O)Nc1ccc(C(C)C)cc1)N(c1ccc(F)cc1)S(C)(=O)=O. The maximum Gasteiger partial charge on any atom is 0.248 e. The van der Waals surface area contributed by atoms with Crippen molar-refractivity contribution in [2.75, 3.05) is 15.9 Å². The van der Waals surface area contributed by atoms with E-state index >= 15 is 0 Å². The second kappa shape index (κ2) is 8.52. The molecule has 1 atom stereocenters. The van der Waals surface area contributed by atoms with E-state index in [0.717, 1.165) is 16.1 Å². The number of carbonyl (C=O) groups excluding carboxylic acids is 1. The van der Waals surface area contributed by atoms with Gasteiger partial charge in [-0.05, 0) is 54.3 Å². The number of rotatable bonds is 7. The van der Waals surface area contributed by atoms with Gasteiger partial charge in [-0.1, -0.05) is 32.9 Å². The Hall–Kier alpha value is -2.41. The number of halogens is 1. The molecule has 0 aliphatic heterocycles. The molecule has 0 bridgehead atoms. The fourth-order valence-corrected chi connectivity index (χ4v) is 4.04.